The van der Waals surface area contributed by atoms with Crippen LogP contribution in [0.5, 0.6) is 0 Å². The number of aromatic nitrogens is 1. The number of aryl methyl sites for hydroxylation is 1. The zero-order valence-corrected chi connectivity index (χ0v) is 16.0. The van der Waals surface area contributed by atoms with Gasteiger partial charge in [-0.2, -0.15) is 0 Å². The molecule has 1 aromatic heterocycles. The Bertz CT molecular complexity index is 857. The van der Waals surface area contributed by atoms with Crippen molar-refractivity contribution >= 4 is 21.6 Å². The molecule has 25 heavy (non-hydrogen) atoms. The molecule has 1 heterocycles. The van der Waals surface area contributed by atoms with Crippen molar-refractivity contribution < 1.29 is 4.52 Å². The Morgan fingerprint density at radius 3 is 2.56 bits per heavy atom. The molecule has 2 aromatic carbocycles. The minimum absolute atomic E-state index is 0.373. The van der Waals surface area contributed by atoms with Crippen LogP contribution in [0.4, 0.5) is 5.69 Å². The molecule has 1 fully saturated rings. The van der Waals surface area contributed by atoms with Gasteiger partial charge in [0.15, 0.2) is 5.76 Å². The summed E-state index contributed by atoms with van der Waals surface area (Å²) in [5, 5.41) is 7.84. The lowest BCUT2D eigenvalue weighted by Crippen LogP contribution is -2.19. The lowest BCUT2D eigenvalue weighted by atomic mass is 10.1. The summed E-state index contributed by atoms with van der Waals surface area (Å²) in [4.78, 5) is 0. The molecule has 0 saturated heterocycles. The highest BCUT2D eigenvalue weighted by Crippen LogP contribution is 2.50. The van der Waals surface area contributed by atoms with Gasteiger partial charge in [0.2, 0.25) is 0 Å². The summed E-state index contributed by atoms with van der Waals surface area (Å²) in [6.45, 7) is 4.24. The van der Waals surface area contributed by atoms with Crippen molar-refractivity contribution in [1.82, 2.24) is 5.16 Å². The van der Waals surface area contributed by atoms with Gasteiger partial charge in [0.25, 0.3) is 0 Å². The average molecular weight is 397 g/mol. The van der Waals surface area contributed by atoms with Gasteiger partial charge in [-0.1, -0.05) is 51.4 Å². The molecule has 0 aliphatic heterocycles. The first-order valence-corrected chi connectivity index (χ1v) is 9.46. The third-order valence-corrected chi connectivity index (χ3v) is 5.58. The van der Waals surface area contributed by atoms with Gasteiger partial charge in [-0.25, -0.2) is 0 Å². The summed E-state index contributed by atoms with van der Waals surface area (Å²) in [5.41, 5.74) is 4.39. The summed E-state index contributed by atoms with van der Waals surface area (Å²) in [6, 6.07) is 19.3. The van der Waals surface area contributed by atoms with Gasteiger partial charge in [-0.3, -0.25) is 0 Å². The topological polar surface area (TPSA) is 38.1 Å². The lowest BCUT2D eigenvalue weighted by molar-refractivity contribution is 0.427. The van der Waals surface area contributed by atoms with E-state index in [0.717, 1.165) is 27.2 Å². The number of hydrogen-bond acceptors (Lipinski definition) is 3. The summed E-state index contributed by atoms with van der Waals surface area (Å²) in [6.07, 6.45) is 1.23. The highest BCUT2D eigenvalue weighted by Gasteiger charge is 2.42. The van der Waals surface area contributed by atoms with E-state index in [2.05, 4.69) is 63.7 Å². The Morgan fingerprint density at radius 1 is 1.12 bits per heavy atom. The molecular formula is C21H21BrN2O. The molecular weight excluding hydrogens is 376 g/mol. The average Bonchev–Trinajstić information content (AvgIpc) is 3.36. The van der Waals surface area contributed by atoms with Crippen molar-refractivity contribution in [2.24, 2.45) is 5.92 Å². The van der Waals surface area contributed by atoms with Crippen LogP contribution in [0.1, 0.15) is 30.5 Å². The molecule has 3 atom stereocenters. The number of halogens is 1. The first kappa shape index (κ1) is 16.4. The number of hydrogen-bond donors (Lipinski definition) is 1. The predicted molar refractivity (Wildman–Crippen MR) is 105 cm³/mol. The van der Waals surface area contributed by atoms with Gasteiger partial charge in [0, 0.05) is 16.1 Å². The van der Waals surface area contributed by atoms with Crippen LogP contribution in [0.2, 0.25) is 0 Å². The molecule has 0 bridgehead atoms. The highest BCUT2D eigenvalue weighted by molar-refractivity contribution is 9.10. The second kappa shape index (κ2) is 6.68. The van der Waals surface area contributed by atoms with Crippen LogP contribution < -0.4 is 5.32 Å². The number of anilines is 1. The Kier molecular flexibility index (Phi) is 4.38. The summed E-state index contributed by atoms with van der Waals surface area (Å²) < 4.78 is 6.66. The SMILES string of the molecule is Cc1noc(-c2ccc(Br)cc2)c1NC(C)[C@@H]1C[C@H]1c1ccccc1. The zero-order valence-electron chi connectivity index (χ0n) is 14.4. The highest BCUT2D eigenvalue weighted by atomic mass is 79.9. The summed E-state index contributed by atoms with van der Waals surface area (Å²) in [7, 11) is 0. The molecule has 1 aliphatic carbocycles. The second-order valence-corrected chi connectivity index (χ2v) is 7.74. The van der Waals surface area contributed by atoms with E-state index >= 15 is 0 Å². The van der Waals surface area contributed by atoms with Crippen LogP contribution in [0.3, 0.4) is 0 Å². The van der Waals surface area contributed by atoms with Gasteiger partial charge < -0.3 is 9.84 Å². The Hall–Kier alpha value is -2.07. The van der Waals surface area contributed by atoms with E-state index in [4.69, 9.17) is 4.52 Å². The minimum atomic E-state index is 0.373. The van der Waals surface area contributed by atoms with Crippen molar-refractivity contribution in [3.8, 4) is 11.3 Å². The molecule has 1 N–H and O–H groups in total. The van der Waals surface area contributed by atoms with Gasteiger partial charge in [-0.15, -0.1) is 0 Å². The van der Waals surface area contributed by atoms with Crippen LogP contribution in [-0.4, -0.2) is 11.2 Å². The number of rotatable bonds is 5. The molecule has 1 saturated carbocycles. The van der Waals surface area contributed by atoms with Crippen LogP contribution in [0, 0.1) is 12.8 Å². The largest absolute Gasteiger partial charge is 0.378 e. The van der Waals surface area contributed by atoms with E-state index in [1.165, 1.54) is 12.0 Å². The van der Waals surface area contributed by atoms with Crippen LogP contribution in [-0.2, 0) is 0 Å². The van der Waals surface area contributed by atoms with E-state index in [1.807, 2.05) is 31.2 Å². The number of nitrogens with zero attached hydrogens (tertiary/aromatic N) is 1. The maximum atomic E-state index is 5.61. The molecule has 3 nitrogen and oxygen atoms in total. The van der Waals surface area contributed by atoms with Crippen LogP contribution >= 0.6 is 15.9 Å². The molecule has 0 radical (unpaired) electrons. The summed E-state index contributed by atoms with van der Waals surface area (Å²) >= 11 is 3.48. The standard InChI is InChI=1S/C21H21BrN2O/c1-13(18-12-19(18)15-6-4-3-5-7-15)23-20-14(2)24-25-21(20)16-8-10-17(22)11-9-16/h3-11,13,18-19,23H,12H2,1-2H3/t13?,18-,19-/m0/s1. The van der Waals surface area contributed by atoms with Crippen molar-refractivity contribution in [3.63, 3.8) is 0 Å². The molecule has 1 aliphatic rings. The molecule has 0 spiro atoms. The normalized spacial score (nSPS) is 20.3. The van der Waals surface area contributed by atoms with Crippen molar-refractivity contribution in [3.05, 3.63) is 70.3 Å². The third kappa shape index (κ3) is 3.36. The second-order valence-electron chi connectivity index (χ2n) is 6.83. The Labute approximate surface area is 156 Å². The quantitative estimate of drug-likeness (QED) is 0.572. The van der Waals surface area contributed by atoms with E-state index in [9.17, 15) is 0 Å². The van der Waals surface area contributed by atoms with Crippen molar-refractivity contribution in [1.29, 1.82) is 0 Å². The fraction of sp³-hybridized carbons (Fsp3) is 0.286. The van der Waals surface area contributed by atoms with Crippen LogP contribution in [0.25, 0.3) is 11.3 Å². The molecule has 128 valence electrons. The van der Waals surface area contributed by atoms with Crippen LogP contribution in [0.15, 0.2) is 63.6 Å². The minimum Gasteiger partial charge on any atom is -0.378 e. The predicted octanol–water partition coefficient (Wildman–Crippen LogP) is 6.02. The monoisotopic (exact) mass is 396 g/mol. The first-order valence-electron chi connectivity index (χ1n) is 8.67. The van der Waals surface area contributed by atoms with Gasteiger partial charge in [0.05, 0.1) is 0 Å². The molecule has 1 unspecified atom stereocenters. The lowest BCUT2D eigenvalue weighted by Gasteiger charge is -2.15. The fourth-order valence-corrected chi connectivity index (χ4v) is 3.79. The Morgan fingerprint density at radius 2 is 1.84 bits per heavy atom. The van der Waals surface area contributed by atoms with Gasteiger partial charge in [-0.05, 0) is 61.9 Å². The third-order valence-electron chi connectivity index (χ3n) is 5.05. The van der Waals surface area contributed by atoms with Crippen molar-refractivity contribution in [2.45, 2.75) is 32.2 Å². The molecule has 4 rings (SSSR count). The Balaban J connectivity index is 1.52. The number of nitrogens with one attached hydrogen (secondary N) is 1. The smallest absolute Gasteiger partial charge is 0.190 e. The molecule has 0 amide bonds. The van der Waals surface area contributed by atoms with E-state index in [1.54, 1.807) is 0 Å². The first-order chi connectivity index (χ1) is 12.1. The van der Waals surface area contributed by atoms with E-state index < -0.39 is 0 Å². The van der Waals surface area contributed by atoms with Crippen molar-refractivity contribution in [2.75, 3.05) is 5.32 Å². The summed E-state index contributed by atoms with van der Waals surface area (Å²) in [5.74, 6) is 2.11. The molecule has 4 heteroatoms. The number of benzene rings is 2. The zero-order chi connectivity index (χ0) is 17.4. The fourth-order valence-electron chi connectivity index (χ4n) is 3.52. The van der Waals surface area contributed by atoms with Gasteiger partial charge >= 0.3 is 0 Å². The maximum Gasteiger partial charge on any atom is 0.190 e. The molecule has 3 aromatic rings. The van der Waals surface area contributed by atoms with Gasteiger partial charge in [0.1, 0.15) is 11.4 Å². The van der Waals surface area contributed by atoms with E-state index in [-0.39, 0.29) is 0 Å². The maximum absolute atomic E-state index is 5.61. The van der Waals surface area contributed by atoms with E-state index in [0.29, 0.717) is 17.9 Å².